The number of aryl methyl sites for hydroxylation is 1. The molecule has 1 aromatic carbocycles. The Morgan fingerprint density at radius 2 is 1.76 bits per heavy atom. The fourth-order valence-corrected chi connectivity index (χ4v) is 3.33. The van der Waals surface area contributed by atoms with Gasteiger partial charge in [0.1, 0.15) is 0 Å². The van der Waals surface area contributed by atoms with Gasteiger partial charge in [-0.2, -0.15) is 8.42 Å². The zero-order chi connectivity index (χ0) is 15.5. The van der Waals surface area contributed by atoms with Crippen LogP contribution in [0, 0.1) is 6.92 Å². The molecule has 21 heavy (non-hydrogen) atoms. The number of rotatable bonds is 3. The Morgan fingerprint density at radius 3 is 2.29 bits per heavy atom. The highest BCUT2D eigenvalue weighted by Crippen LogP contribution is 2.21. The molecule has 0 N–H and O–H groups in total. The summed E-state index contributed by atoms with van der Waals surface area (Å²) in [4.78, 5) is 13.1. The number of amides is 1. The third-order valence-electron chi connectivity index (χ3n) is 3.45. The van der Waals surface area contributed by atoms with Crippen LogP contribution in [0.25, 0.3) is 0 Å². The maximum Gasteiger partial charge on any atom is 0.409 e. The lowest BCUT2D eigenvalue weighted by molar-refractivity contribution is 0.0818. The van der Waals surface area contributed by atoms with Crippen molar-refractivity contribution in [3.63, 3.8) is 0 Å². The Balaban J connectivity index is 1.96. The van der Waals surface area contributed by atoms with Gasteiger partial charge in [-0.25, -0.2) is 4.79 Å². The number of ether oxygens (including phenoxy) is 1. The first kappa shape index (κ1) is 15.8. The monoisotopic (exact) mass is 313 g/mol. The molecule has 0 aliphatic carbocycles. The molecule has 1 aromatic rings. The molecule has 2 rings (SSSR count). The van der Waals surface area contributed by atoms with E-state index in [1.54, 1.807) is 17.0 Å². The Kier molecular flexibility index (Phi) is 4.84. The lowest BCUT2D eigenvalue weighted by atomic mass is 10.1. The van der Waals surface area contributed by atoms with Crippen LogP contribution in [0.1, 0.15) is 18.4 Å². The van der Waals surface area contributed by atoms with E-state index in [1.165, 1.54) is 19.2 Å². The Hall–Kier alpha value is -1.60. The van der Waals surface area contributed by atoms with Crippen LogP contribution in [0.4, 0.5) is 4.79 Å². The first-order valence-electron chi connectivity index (χ1n) is 6.75. The predicted molar refractivity (Wildman–Crippen MR) is 76.4 cm³/mol. The maximum atomic E-state index is 12.2. The Labute approximate surface area is 124 Å². The van der Waals surface area contributed by atoms with Crippen molar-refractivity contribution in [3.05, 3.63) is 29.8 Å². The molecule has 1 saturated heterocycles. The molecule has 0 atom stereocenters. The second kappa shape index (κ2) is 6.44. The number of methoxy groups -OCH3 is 1. The number of carbonyl (C=O) groups excluding carboxylic acids is 1. The van der Waals surface area contributed by atoms with E-state index in [-0.39, 0.29) is 4.90 Å². The Morgan fingerprint density at radius 1 is 1.19 bits per heavy atom. The molecule has 0 bridgehead atoms. The average molecular weight is 313 g/mol. The van der Waals surface area contributed by atoms with Crippen molar-refractivity contribution in [2.75, 3.05) is 20.2 Å². The predicted octanol–water partition coefficient (Wildman–Crippen LogP) is 1.93. The normalized spacial score (nSPS) is 16.8. The van der Waals surface area contributed by atoms with Gasteiger partial charge in [-0.1, -0.05) is 17.7 Å². The summed E-state index contributed by atoms with van der Waals surface area (Å²) < 4.78 is 34.2. The summed E-state index contributed by atoms with van der Waals surface area (Å²) in [6.07, 6.45) is 0.146. The van der Waals surface area contributed by atoms with E-state index in [4.69, 9.17) is 4.18 Å². The van der Waals surface area contributed by atoms with E-state index in [2.05, 4.69) is 4.74 Å². The molecule has 1 fully saturated rings. The lowest BCUT2D eigenvalue weighted by Crippen LogP contribution is -2.41. The van der Waals surface area contributed by atoms with Crippen molar-refractivity contribution in [1.82, 2.24) is 4.90 Å². The summed E-state index contributed by atoms with van der Waals surface area (Å²) in [5, 5.41) is 0. The maximum absolute atomic E-state index is 12.2. The minimum atomic E-state index is -3.75. The highest BCUT2D eigenvalue weighted by atomic mass is 32.2. The molecule has 1 aliphatic heterocycles. The molecular formula is C14H19NO5S. The molecule has 116 valence electrons. The molecule has 0 saturated carbocycles. The van der Waals surface area contributed by atoms with Gasteiger partial charge < -0.3 is 9.64 Å². The highest BCUT2D eigenvalue weighted by Gasteiger charge is 2.28. The number of hydrogen-bond donors (Lipinski definition) is 0. The van der Waals surface area contributed by atoms with Crippen LogP contribution in [0.3, 0.4) is 0 Å². The molecular weight excluding hydrogens is 294 g/mol. The molecule has 1 heterocycles. The lowest BCUT2D eigenvalue weighted by Gasteiger charge is -2.30. The smallest absolute Gasteiger partial charge is 0.409 e. The summed E-state index contributed by atoms with van der Waals surface area (Å²) in [6.45, 7) is 2.75. The van der Waals surface area contributed by atoms with Gasteiger partial charge in [-0.15, -0.1) is 0 Å². The third kappa shape index (κ3) is 3.95. The minimum Gasteiger partial charge on any atom is -0.453 e. The summed E-state index contributed by atoms with van der Waals surface area (Å²) >= 11 is 0. The van der Waals surface area contributed by atoms with Gasteiger partial charge in [0.25, 0.3) is 10.1 Å². The van der Waals surface area contributed by atoms with Crippen LogP contribution >= 0.6 is 0 Å². The topological polar surface area (TPSA) is 72.9 Å². The fourth-order valence-electron chi connectivity index (χ4n) is 2.20. The number of likely N-dealkylation sites (tertiary alicyclic amines) is 1. The summed E-state index contributed by atoms with van der Waals surface area (Å²) in [5.41, 5.74) is 0.986. The highest BCUT2D eigenvalue weighted by molar-refractivity contribution is 7.86. The van der Waals surface area contributed by atoms with E-state index in [1.807, 2.05) is 6.92 Å². The first-order chi connectivity index (χ1) is 9.92. The molecule has 0 radical (unpaired) electrons. The van der Waals surface area contributed by atoms with Crippen LogP contribution < -0.4 is 0 Å². The van der Waals surface area contributed by atoms with E-state index in [0.29, 0.717) is 25.9 Å². The quantitative estimate of drug-likeness (QED) is 0.797. The van der Waals surface area contributed by atoms with Gasteiger partial charge >= 0.3 is 6.09 Å². The van der Waals surface area contributed by atoms with E-state index in [9.17, 15) is 13.2 Å². The molecule has 6 nitrogen and oxygen atoms in total. The number of hydrogen-bond acceptors (Lipinski definition) is 5. The average Bonchev–Trinajstić information content (AvgIpc) is 2.47. The SMILES string of the molecule is COC(=O)N1CCC(OS(=O)(=O)c2ccc(C)cc2)CC1. The molecule has 1 aliphatic rings. The van der Waals surface area contributed by atoms with Crippen LogP contribution in [0.15, 0.2) is 29.2 Å². The summed E-state index contributed by atoms with van der Waals surface area (Å²) in [6, 6.07) is 6.54. The second-order valence-corrected chi connectivity index (χ2v) is 6.59. The van der Waals surface area contributed by atoms with Crippen LogP contribution in [0.2, 0.25) is 0 Å². The molecule has 1 amide bonds. The first-order valence-corrected chi connectivity index (χ1v) is 8.16. The minimum absolute atomic E-state index is 0.156. The third-order valence-corrected chi connectivity index (χ3v) is 4.82. The number of carbonyl (C=O) groups is 1. The Bertz CT molecular complexity index is 588. The molecule has 7 heteroatoms. The number of nitrogens with zero attached hydrogens (tertiary/aromatic N) is 1. The van der Waals surface area contributed by atoms with Crippen molar-refractivity contribution < 1.29 is 22.1 Å². The van der Waals surface area contributed by atoms with Gasteiger partial charge in [-0.05, 0) is 31.9 Å². The number of benzene rings is 1. The fraction of sp³-hybridized carbons (Fsp3) is 0.500. The summed E-state index contributed by atoms with van der Waals surface area (Å²) in [5.74, 6) is 0. The van der Waals surface area contributed by atoms with Gasteiger partial charge in [0.2, 0.25) is 0 Å². The largest absolute Gasteiger partial charge is 0.453 e. The van der Waals surface area contributed by atoms with E-state index >= 15 is 0 Å². The van der Waals surface area contributed by atoms with Crippen molar-refractivity contribution >= 4 is 16.2 Å². The van der Waals surface area contributed by atoms with Gasteiger partial charge in [0.15, 0.2) is 0 Å². The zero-order valence-electron chi connectivity index (χ0n) is 12.1. The van der Waals surface area contributed by atoms with Crippen molar-refractivity contribution in [3.8, 4) is 0 Å². The van der Waals surface area contributed by atoms with Gasteiger partial charge in [0, 0.05) is 13.1 Å². The second-order valence-electron chi connectivity index (χ2n) is 5.02. The van der Waals surface area contributed by atoms with Crippen LogP contribution in [0.5, 0.6) is 0 Å². The van der Waals surface area contributed by atoms with Gasteiger partial charge in [0.05, 0.1) is 18.1 Å². The number of piperidine rings is 1. The molecule has 0 unspecified atom stereocenters. The van der Waals surface area contributed by atoms with Crippen molar-refractivity contribution in [2.45, 2.75) is 30.8 Å². The van der Waals surface area contributed by atoms with Crippen molar-refractivity contribution in [2.24, 2.45) is 0 Å². The molecule has 0 spiro atoms. The summed E-state index contributed by atoms with van der Waals surface area (Å²) in [7, 11) is -2.43. The standard InChI is InChI=1S/C14H19NO5S/c1-11-3-5-13(6-4-11)21(17,18)20-12-7-9-15(10-8-12)14(16)19-2/h3-6,12H,7-10H2,1-2H3. The zero-order valence-corrected chi connectivity index (χ0v) is 12.9. The van der Waals surface area contributed by atoms with Gasteiger partial charge in [-0.3, -0.25) is 4.18 Å². The van der Waals surface area contributed by atoms with E-state index in [0.717, 1.165) is 5.56 Å². The van der Waals surface area contributed by atoms with Crippen molar-refractivity contribution in [1.29, 1.82) is 0 Å². The van der Waals surface area contributed by atoms with Crippen LogP contribution in [-0.2, 0) is 19.0 Å². The van der Waals surface area contributed by atoms with Crippen LogP contribution in [-0.4, -0.2) is 45.7 Å². The van der Waals surface area contributed by atoms with E-state index < -0.39 is 22.3 Å². The molecule has 0 aromatic heterocycles.